The second-order valence-corrected chi connectivity index (χ2v) is 3.34. The van der Waals surface area contributed by atoms with Gasteiger partial charge < -0.3 is 10.4 Å². The summed E-state index contributed by atoms with van der Waals surface area (Å²) in [6, 6.07) is 0. The number of aliphatic hydroxyl groups excluding tert-OH is 1. The molecule has 0 aliphatic carbocycles. The molecule has 2 heteroatoms. The molecular formula is C10H23NO. The first-order valence-corrected chi connectivity index (χ1v) is 5.16. The second kappa shape index (κ2) is 9.01. The minimum atomic E-state index is 0.327. The number of aliphatic hydroxyl groups is 1. The van der Waals surface area contributed by atoms with Crippen LogP contribution >= 0.6 is 0 Å². The summed E-state index contributed by atoms with van der Waals surface area (Å²) in [4.78, 5) is 0. The Morgan fingerprint density at radius 2 is 2.08 bits per heavy atom. The van der Waals surface area contributed by atoms with Crippen molar-refractivity contribution in [3.8, 4) is 0 Å². The van der Waals surface area contributed by atoms with Crippen LogP contribution in [-0.2, 0) is 0 Å². The third-order valence-electron chi connectivity index (χ3n) is 2.25. The van der Waals surface area contributed by atoms with E-state index in [1.54, 1.807) is 0 Å². The fourth-order valence-corrected chi connectivity index (χ4v) is 1.24. The minimum absolute atomic E-state index is 0.327. The Bertz CT molecular complexity index is 85.9. The molecule has 0 aromatic heterocycles. The zero-order valence-electron chi connectivity index (χ0n) is 8.47. The predicted octanol–water partition coefficient (Wildman–Crippen LogP) is 1.78. The van der Waals surface area contributed by atoms with Crippen LogP contribution in [0.15, 0.2) is 0 Å². The van der Waals surface area contributed by atoms with Crippen molar-refractivity contribution in [2.24, 2.45) is 5.92 Å². The van der Waals surface area contributed by atoms with Gasteiger partial charge in [-0.15, -0.1) is 0 Å². The molecule has 0 radical (unpaired) electrons. The molecule has 0 saturated carbocycles. The molecule has 0 bridgehead atoms. The summed E-state index contributed by atoms with van der Waals surface area (Å²) in [7, 11) is 0. The maximum absolute atomic E-state index is 8.74. The topological polar surface area (TPSA) is 32.3 Å². The monoisotopic (exact) mass is 173 g/mol. The standard InChI is InChI=1S/C10H23NO/c1-3-5-7-11-9-10(4-2)6-8-12/h10-12H,3-9H2,1-2H3. The van der Waals surface area contributed by atoms with E-state index in [-0.39, 0.29) is 0 Å². The Hall–Kier alpha value is -0.0800. The van der Waals surface area contributed by atoms with Gasteiger partial charge in [0, 0.05) is 6.61 Å². The highest BCUT2D eigenvalue weighted by molar-refractivity contribution is 4.59. The highest BCUT2D eigenvalue weighted by Gasteiger charge is 2.03. The number of hydrogen-bond donors (Lipinski definition) is 2. The Morgan fingerprint density at radius 3 is 2.58 bits per heavy atom. The predicted molar refractivity (Wildman–Crippen MR) is 53.3 cm³/mol. The minimum Gasteiger partial charge on any atom is -0.396 e. The SMILES string of the molecule is CCCCNCC(CC)CCO. The zero-order valence-corrected chi connectivity index (χ0v) is 8.47. The molecule has 2 nitrogen and oxygen atoms in total. The molecule has 1 unspecified atom stereocenters. The number of rotatable bonds is 8. The average molecular weight is 173 g/mol. The van der Waals surface area contributed by atoms with E-state index in [4.69, 9.17) is 5.11 Å². The molecule has 0 spiro atoms. The van der Waals surface area contributed by atoms with Gasteiger partial charge in [-0.1, -0.05) is 26.7 Å². The number of unbranched alkanes of at least 4 members (excludes halogenated alkanes) is 1. The highest BCUT2D eigenvalue weighted by Crippen LogP contribution is 2.05. The van der Waals surface area contributed by atoms with E-state index in [9.17, 15) is 0 Å². The molecule has 74 valence electrons. The van der Waals surface area contributed by atoms with Gasteiger partial charge in [-0.05, 0) is 31.8 Å². The lowest BCUT2D eigenvalue weighted by Gasteiger charge is -2.13. The molecule has 0 rings (SSSR count). The molecule has 0 saturated heterocycles. The third-order valence-corrected chi connectivity index (χ3v) is 2.25. The van der Waals surface area contributed by atoms with Crippen molar-refractivity contribution in [3.05, 3.63) is 0 Å². The number of hydrogen-bond acceptors (Lipinski definition) is 2. The normalized spacial score (nSPS) is 13.2. The van der Waals surface area contributed by atoms with Gasteiger partial charge in [0.05, 0.1) is 0 Å². The van der Waals surface area contributed by atoms with E-state index in [2.05, 4.69) is 19.2 Å². The first-order valence-electron chi connectivity index (χ1n) is 5.16. The van der Waals surface area contributed by atoms with Gasteiger partial charge in [0.15, 0.2) is 0 Å². The molecule has 2 N–H and O–H groups in total. The van der Waals surface area contributed by atoms with Crippen LogP contribution in [0.25, 0.3) is 0 Å². The fraction of sp³-hybridized carbons (Fsp3) is 1.00. The van der Waals surface area contributed by atoms with Crippen molar-refractivity contribution in [1.82, 2.24) is 5.32 Å². The van der Waals surface area contributed by atoms with Gasteiger partial charge in [-0.3, -0.25) is 0 Å². The van der Waals surface area contributed by atoms with Crippen LogP contribution in [0.4, 0.5) is 0 Å². The quantitative estimate of drug-likeness (QED) is 0.548. The molecule has 0 heterocycles. The van der Waals surface area contributed by atoms with Crippen molar-refractivity contribution >= 4 is 0 Å². The summed E-state index contributed by atoms with van der Waals surface area (Å²) in [5.74, 6) is 0.659. The first-order chi connectivity index (χ1) is 5.85. The first kappa shape index (κ1) is 11.9. The molecule has 12 heavy (non-hydrogen) atoms. The van der Waals surface area contributed by atoms with Crippen LogP contribution in [0.3, 0.4) is 0 Å². The Labute approximate surface area is 76.4 Å². The van der Waals surface area contributed by atoms with Gasteiger partial charge in [-0.2, -0.15) is 0 Å². The van der Waals surface area contributed by atoms with E-state index < -0.39 is 0 Å². The number of nitrogens with one attached hydrogen (secondary N) is 1. The second-order valence-electron chi connectivity index (χ2n) is 3.34. The smallest absolute Gasteiger partial charge is 0.0434 e. The molecule has 0 fully saturated rings. The van der Waals surface area contributed by atoms with Crippen LogP contribution in [0, 0.1) is 5.92 Å². The van der Waals surface area contributed by atoms with E-state index in [0.29, 0.717) is 12.5 Å². The summed E-state index contributed by atoms with van der Waals surface area (Å²) in [6.45, 7) is 6.90. The molecule has 0 amide bonds. The van der Waals surface area contributed by atoms with Gasteiger partial charge in [0.1, 0.15) is 0 Å². The maximum atomic E-state index is 8.74. The maximum Gasteiger partial charge on any atom is 0.0434 e. The van der Waals surface area contributed by atoms with Crippen molar-refractivity contribution < 1.29 is 5.11 Å². The molecule has 0 aromatic rings. The molecular weight excluding hydrogens is 150 g/mol. The zero-order chi connectivity index (χ0) is 9.23. The van der Waals surface area contributed by atoms with Crippen LogP contribution in [0.5, 0.6) is 0 Å². The van der Waals surface area contributed by atoms with Gasteiger partial charge in [0.25, 0.3) is 0 Å². The largest absolute Gasteiger partial charge is 0.396 e. The summed E-state index contributed by atoms with van der Waals surface area (Å²) < 4.78 is 0. The lowest BCUT2D eigenvalue weighted by molar-refractivity contribution is 0.251. The Balaban J connectivity index is 3.19. The van der Waals surface area contributed by atoms with Crippen molar-refractivity contribution in [3.63, 3.8) is 0 Å². The fourth-order valence-electron chi connectivity index (χ4n) is 1.24. The van der Waals surface area contributed by atoms with E-state index in [1.807, 2.05) is 0 Å². The van der Waals surface area contributed by atoms with Crippen LogP contribution in [0.1, 0.15) is 39.5 Å². The third kappa shape index (κ3) is 6.62. The van der Waals surface area contributed by atoms with E-state index >= 15 is 0 Å². The van der Waals surface area contributed by atoms with Crippen LogP contribution < -0.4 is 5.32 Å². The Morgan fingerprint density at radius 1 is 1.33 bits per heavy atom. The van der Waals surface area contributed by atoms with Crippen LogP contribution in [0.2, 0.25) is 0 Å². The van der Waals surface area contributed by atoms with E-state index in [0.717, 1.165) is 19.5 Å². The van der Waals surface area contributed by atoms with E-state index in [1.165, 1.54) is 19.3 Å². The lowest BCUT2D eigenvalue weighted by atomic mass is 10.0. The summed E-state index contributed by atoms with van der Waals surface area (Å²) in [5.41, 5.74) is 0. The molecule has 1 atom stereocenters. The van der Waals surface area contributed by atoms with Crippen molar-refractivity contribution in [2.45, 2.75) is 39.5 Å². The average Bonchev–Trinajstić information content (AvgIpc) is 2.10. The molecule has 0 aromatic carbocycles. The molecule has 0 aliphatic heterocycles. The van der Waals surface area contributed by atoms with Crippen molar-refractivity contribution in [2.75, 3.05) is 19.7 Å². The summed E-state index contributed by atoms with van der Waals surface area (Å²) in [6.07, 6.45) is 4.62. The summed E-state index contributed by atoms with van der Waals surface area (Å²) >= 11 is 0. The summed E-state index contributed by atoms with van der Waals surface area (Å²) in [5, 5.41) is 12.2. The van der Waals surface area contributed by atoms with Gasteiger partial charge >= 0.3 is 0 Å². The van der Waals surface area contributed by atoms with Gasteiger partial charge in [-0.25, -0.2) is 0 Å². The van der Waals surface area contributed by atoms with Gasteiger partial charge in [0.2, 0.25) is 0 Å². The molecule has 0 aliphatic rings. The highest BCUT2D eigenvalue weighted by atomic mass is 16.3. The lowest BCUT2D eigenvalue weighted by Crippen LogP contribution is -2.24. The van der Waals surface area contributed by atoms with Crippen LogP contribution in [-0.4, -0.2) is 24.8 Å². The van der Waals surface area contributed by atoms with Crippen molar-refractivity contribution in [1.29, 1.82) is 0 Å². The Kier molecular flexibility index (Phi) is 8.95.